The lowest BCUT2D eigenvalue weighted by molar-refractivity contribution is -0.137. The molecule has 3 heterocycles. The van der Waals surface area contributed by atoms with Crippen molar-refractivity contribution in [3.63, 3.8) is 0 Å². The predicted molar refractivity (Wildman–Crippen MR) is 94.1 cm³/mol. The van der Waals surface area contributed by atoms with E-state index >= 15 is 0 Å². The molecule has 1 fully saturated rings. The van der Waals surface area contributed by atoms with Crippen molar-refractivity contribution in [2.75, 3.05) is 18.4 Å². The Balaban J connectivity index is 1.65. The summed E-state index contributed by atoms with van der Waals surface area (Å²) in [6, 6.07) is 4.55. The minimum Gasteiger partial charge on any atom is -0.336 e. The lowest BCUT2D eigenvalue weighted by atomic mass is 10.1. The van der Waals surface area contributed by atoms with E-state index in [-0.39, 0.29) is 28.6 Å². The molecule has 1 aliphatic heterocycles. The molecule has 2 N–H and O–H groups in total. The van der Waals surface area contributed by atoms with Gasteiger partial charge in [0.25, 0.3) is 0 Å². The van der Waals surface area contributed by atoms with E-state index in [2.05, 4.69) is 20.3 Å². The number of fused-ring (bicyclic) bond motifs is 1. The number of aromatic nitrogens is 3. The number of amides is 2. The van der Waals surface area contributed by atoms with E-state index in [1.807, 2.05) is 0 Å². The maximum absolute atomic E-state index is 14.3. The van der Waals surface area contributed by atoms with E-state index < -0.39 is 17.6 Å². The highest BCUT2D eigenvalue weighted by molar-refractivity contribution is 5.90. The van der Waals surface area contributed by atoms with Gasteiger partial charge in [0, 0.05) is 25.0 Å². The lowest BCUT2D eigenvalue weighted by Gasteiger charge is -2.16. The Labute approximate surface area is 156 Å². The van der Waals surface area contributed by atoms with Crippen LogP contribution < -0.4 is 5.32 Å². The third kappa shape index (κ3) is 3.49. The molecule has 4 rings (SSSR count). The summed E-state index contributed by atoms with van der Waals surface area (Å²) in [4.78, 5) is 24.3. The van der Waals surface area contributed by atoms with Crippen LogP contribution in [0.2, 0.25) is 0 Å². The zero-order valence-electron chi connectivity index (χ0n) is 14.5. The first-order valence-corrected chi connectivity index (χ1v) is 8.60. The Morgan fingerprint density at radius 3 is 2.64 bits per heavy atom. The number of imidazole rings is 1. The minimum absolute atomic E-state index is 0.0192. The second-order valence-corrected chi connectivity index (χ2v) is 6.50. The number of nitrogens with one attached hydrogen (secondary N) is 2. The molecule has 1 aliphatic rings. The fourth-order valence-electron chi connectivity index (χ4n) is 3.09. The van der Waals surface area contributed by atoms with Crippen LogP contribution in [0.15, 0.2) is 30.5 Å². The second-order valence-electron chi connectivity index (χ2n) is 6.50. The standard InChI is InChI=1S/C18H15F4N5O/c19-13-4-3-11(24-17(28)27-5-1-2-6-27)8-12(13)15-25-14-7-10(18(20,21)22)9-23-16(14)26-15/h3-4,7-9H,1-2,5-6H2,(H,24,28)(H,23,25,26). The van der Waals surface area contributed by atoms with Crippen molar-refractivity contribution < 1.29 is 22.4 Å². The van der Waals surface area contributed by atoms with Crippen LogP contribution in [0, 0.1) is 5.82 Å². The molecular formula is C18H15F4N5O. The van der Waals surface area contributed by atoms with E-state index in [1.165, 1.54) is 12.1 Å². The number of hydrogen-bond donors (Lipinski definition) is 2. The number of anilines is 1. The average Bonchev–Trinajstić information content (AvgIpc) is 3.31. The van der Waals surface area contributed by atoms with Crippen LogP contribution in [0.4, 0.5) is 28.0 Å². The van der Waals surface area contributed by atoms with Crippen LogP contribution in [0.5, 0.6) is 0 Å². The number of alkyl halides is 3. The number of rotatable bonds is 2. The first kappa shape index (κ1) is 18.2. The quantitative estimate of drug-likeness (QED) is 0.634. The zero-order valence-corrected chi connectivity index (χ0v) is 14.5. The summed E-state index contributed by atoms with van der Waals surface area (Å²) >= 11 is 0. The molecule has 1 saturated heterocycles. The summed E-state index contributed by atoms with van der Waals surface area (Å²) in [5, 5.41) is 2.70. The molecular weight excluding hydrogens is 378 g/mol. The number of nitrogens with zero attached hydrogens (tertiary/aromatic N) is 3. The molecule has 0 radical (unpaired) electrons. The van der Waals surface area contributed by atoms with Crippen molar-refractivity contribution in [2.45, 2.75) is 19.0 Å². The molecule has 6 nitrogen and oxygen atoms in total. The van der Waals surface area contributed by atoms with Crippen LogP contribution in [0.1, 0.15) is 18.4 Å². The largest absolute Gasteiger partial charge is 0.417 e. The Kier molecular flexibility index (Phi) is 4.40. The van der Waals surface area contributed by atoms with Gasteiger partial charge in [0.05, 0.1) is 16.6 Å². The molecule has 146 valence electrons. The number of halogens is 4. The summed E-state index contributed by atoms with van der Waals surface area (Å²) in [5.74, 6) is -0.606. The number of carbonyl (C=O) groups excluding carboxylic acids is 1. The first-order valence-electron chi connectivity index (χ1n) is 8.60. The highest BCUT2D eigenvalue weighted by Crippen LogP contribution is 2.31. The number of carbonyl (C=O) groups is 1. The van der Waals surface area contributed by atoms with Crippen LogP contribution in [0.25, 0.3) is 22.6 Å². The van der Waals surface area contributed by atoms with Crippen molar-refractivity contribution >= 4 is 22.9 Å². The number of benzene rings is 1. The molecule has 0 atom stereocenters. The number of aromatic amines is 1. The number of urea groups is 1. The first-order chi connectivity index (χ1) is 13.3. The Bertz CT molecular complexity index is 1040. The van der Waals surface area contributed by atoms with Crippen molar-refractivity contribution in [2.24, 2.45) is 0 Å². The number of likely N-dealkylation sites (tertiary alicyclic amines) is 1. The normalized spacial score (nSPS) is 14.6. The molecule has 0 spiro atoms. The molecule has 0 aliphatic carbocycles. The number of pyridine rings is 1. The van der Waals surface area contributed by atoms with E-state index in [1.54, 1.807) is 4.90 Å². The summed E-state index contributed by atoms with van der Waals surface area (Å²) in [5.41, 5.74) is -0.476. The molecule has 0 unspecified atom stereocenters. The molecule has 10 heteroatoms. The van der Waals surface area contributed by atoms with Crippen molar-refractivity contribution in [3.8, 4) is 11.4 Å². The van der Waals surface area contributed by atoms with Gasteiger partial charge in [-0.25, -0.2) is 19.2 Å². The predicted octanol–water partition coefficient (Wildman–Crippen LogP) is 4.41. The van der Waals surface area contributed by atoms with Gasteiger partial charge in [-0.1, -0.05) is 0 Å². The van der Waals surface area contributed by atoms with Gasteiger partial charge in [0.15, 0.2) is 5.65 Å². The third-order valence-electron chi connectivity index (χ3n) is 4.53. The molecule has 2 amide bonds. The molecule has 0 bridgehead atoms. The zero-order chi connectivity index (χ0) is 19.9. The van der Waals surface area contributed by atoms with E-state index in [0.717, 1.165) is 25.0 Å². The van der Waals surface area contributed by atoms with Crippen molar-refractivity contribution in [1.29, 1.82) is 0 Å². The topological polar surface area (TPSA) is 73.9 Å². The van der Waals surface area contributed by atoms with E-state index in [0.29, 0.717) is 25.0 Å². The maximum atomic E-state index is 14.3. The summed E-state index contributed by atoms with van der Waals surface area (Å²) in [6.45, 7) is 1.33. The van der Waals surface area contributed by atoms with Gasteiger partial charge in [-0.15, -0.1) is 0 Å². The lowest BCUT2D eigenvalue weighted by Crippen LogP contribution is -2.32. The Hall–Kier alpha value is -3.17. The fraction of sp³-hybridized carbons (Fsp3) is 0.278. The summed E-state index contributed by atoms with van der Waals surface area (Å²) in [7, 11) is 0. The van der Waals surface area contributed by atoms with Gasteiger partial charge in [-0.3, -0.25) is 0 Å². The van der Waals surface area contributed by atoms with Crippen molar-refractivity contribution in [1.82, 2.24) is 19.9 Å². The summed E-state index contributed by atoms with van der Waals surface area (Å²) in [6.07, 6.45) is -1.99. The Morgan fingerprint density at radius 1 is 1.18 bits per heavy atom. The maximum Gasteiger partial charge on any atom is 0.417 e. The van der Waals surface area contributed by atoms with Gasteiger partial charge >= 0.3 is 12.2 Å². The van der Waals surface area contributed by atoms with Gasteiger partial charge < -0.3 is 15.2 Å². The van der Waals surface area contributed by atoms with Gasteiger partial charge in [-0.05, 0) is 37.1 Å². The number of H-pyrrole nitrogens is 1. The highest BCUT2D eigenvalue weighted by atomic mass is 19.4. The minimum atomic E-state index is -4.54. The highest BCUT2D eigenvalue weighted by Gasteiger charge is 2.31. The number of hydrogen-bond acceptors (Lipinski definition) is 3. The van der Waals surface area contributed by atoms with Crippen LogP contribution in [-0.4, -0.2) is 39.0 Å². The van der Waals surface area contributed by atoms with Gasteiger partial charge in [0.1, 0.15) is 11.6 Å². The molecule has 2 aromatic heterocycles. The van der Waals surface area contributed by atoms with Crippen LogP contribution in [-0.2, 0) is 6.18 Å². The monoisotopic (exact) mass is 393 g/mol. The van der Waals surface area contributed by atoms with Crippen LogP contribution in [0.3, 0.4) is 0 Å². The van der Waals surface area contributed by atoms with Crippen molar-refractivity contribution in [3.05, 3.63) is 41.8 Å². The summed E-state index contributed by atoms with van der Waals surface area (Å²) < 4.78 is 52.8. The second kappa shape index (κ2) is 6.77. The molecule has 28 heavy (non-hydrogen) atoms. The Morgan fingerprint density at radius 2 is 1.93 bits per heavy atom. The van der Waals surface area contributed by atoms with Gasteiger partial charge in [-0.2, -0.15) is 13.2 Å². The van der Waals surface area contributed by atoms with E-state index in [4.69, 9.17) is 0 Å². The molecule has 1 aromatic carbocycles. The van der Waals surface area contributed by atoms with Gasteiger partial charge in [0.2, 0.25) is 0 Å². The SMILES string of the molecule is O=C(Nc1ccc(F)c(-c2nc3ncc(C(F)(F)F)cc3[nH]2)c1)N1CCCC1. The van der Waals surface area contributed by atoms with Crippen LogP contribution >= 0.6 is 0 Å². The molecule has 0 saturated carbocycles. The van der Waals surface area contributed by atoms with E-state index in [9.17, 15) is 22.4 Å². The third-order valence-corrected chi connectivity index (χ3v) is 4.53. The fourth-order valence-corrected chi connectivity index (χ4v) is 3.09. The average molecular weight is 393 g/mol. The molecule has 3 aromatic rings. The smallest absolute Gasteiger partial charge is 0.336 e.